The molecule has 0 unspecified atom stereocenters. The van der Waals surface area contributed by atoms with Crippen LogP contribution in [0.1, 0.15) is 29.8 Å². The van der Waals surface area contributed by atoms with Gasteiger partial charge in [0.2, 0.25) is 5.95 Å². The lowest BCUT2D eigenvalue weighted by atomic mass is 10.2. The van der Waals surface area contributed by atoms with Crippen LogP contribution in [0.25, 0.3) is 0 Å². The first kappa shape index (κ1) is 14.9. The Balaban J connectivity index is 1.88. The van der Waals surface area contributed by atoms with Gasteiger partial charge in [0.05, 0.1) is 5.56 Å². The summed E-state index contributed by atoms with van der Waals surface area (Å²) in [6.07, 6.45) is 6.55. The molecule has 1 amide bonds. The Bertz CT molecular complexity index is 568. The van der Waals surface area contributed by atoms with Crippen molar-refractivity contribution in [2.75, 3.05) is 11.9 Å². The van der Waals surface area contributed by atoms with Gasteiger partial charge in [-0.1, -0.05) is 19.9 Å². The first-order chi connectivity index (χ1) is 10.1. The number of hydrogen-bond donors (Lipinski definition) is 2. The van der Waals surface area contributed by atoms with Crippen molar-refractivity contribution in [2.24, 2.45) is 5.92 Å². The highest BCUT2D eigenvalue weighted by Crippen LogP contribution is 2.03. The van der Waals surface area contributed by atoms with Gasteiger partial charge >= 0.3 is 0 Å². The molecule has 0 aliphatic carbocycles. The van der Waals surface area contributed by atoms with Crippen molar-refractivity contribution in [1.82, 2.24) is 20.3 Å². The quantitative estimate of drug-likeness (QED) is 0.847. The summed E-state index contributed by atoms with van der Waals surface area (Å²) in [7, 11) is 0. The molecule has 2 aromatic heterocycles. The van der Waals surface area contributed by atoms with Crippen molar-refractivity contribution >= 4 is 11.9 Å². The van der Waals surface area contributed by atoms with Crippen LogP contribution in [0, 0.1) is 5.92 Å². The molecule has 2 N–H and O–H groups in total. The zero-order chi connectivity index (χ0) is 15.1. The van der Waals surface area contributed by atoms with E-state index in [0.29, 0.717) is 30.5 Å². The molecule has 0 atom stereocenters. The number of aromatic nitrogens is 3. The molecule has 2 heterocycles. The number of hydrogen-bond acceptors (Lipinski definition) is 5. The SMILES string of the molecule is CC(C)CNC(=O)c1cnc(NCc2cccnc2)nc1. The summed E-state index contributed by atoms with van der Waals surface area (Å²) < 4.78 is 0. The monoisotopic (exact) mass is 285 g/mol. The summed E-state index contributed by atoms with van der Waals surface area (Å²) in [5.74, 6) is 0.747. The summed E-state index contributed by atoms with van der Waals surface area (Å²) in [6, 6.07) is 3.84. The van der Waals surface area contributed by atoms with Crippen LogP contribution in [0.4, 0.5) is 5.95 Å². The van der Waals surface area contributed by atoms with E-state index in [1.807, 2.05) is 26.0 Å². The molecule has 2 aromatic rings. The Morgan fingerprint density at radius 3 is 2.62 bits per heavy atom. The number of anilines is 1. The third kappa shape index (κ3) is 4.83. The van der Waals surface area contributed by atoms with Crippen molar-refractivity contribution in [1.29, 1.82) is 0 Å². The maximum atomic E-state index is 11.8. The summed E-state index contributed by atoms with van der Waals surface area (Å²) in [6.45, 7) is 5.32. The van der Waals surface area contributed by atoms with Gasteiger partial charge in [0.1, 0.15) is 0 Å². The van der Waals surface area contributed by atoms with Gasteiger partial charge < -0.3 is 10.6 Å². The van der Waals surface area contributed by atoms with Gasteiger partial charge in [-0.3, -0.25) is 9.78 Å². The number of amides is 1. The molecule has 0 aliphatic heterocycles. The van der Waals surface area contributed by atoms with E-state index in [9.17, 15) is 4.79 Å². The molecule has 0 spiro atoms. The van der Waals surface area contributed by atoms with E-state index in [1.165, 1.54) is 12.4 Å². The molecule has 6 nitrogen and oxygen atoms in total. The molecule has 0 saturated carbocycles. The van der Waals surface area contributed by atoms with Gasteiger partial charge in [-0.25, -0.2) is 9.97 Å². The Kier molecular flexibility index (Phi) is 5.20. The van der Waals surface area contributed by atoms with E-state index >= 15 is 0 Å². The van der Waals surface area contributed by atoms with Crippen molar-refractivity contribution in [3.05, 3.63) is 48.0 Å². The minimum atomic E-state index is -0.150. The van der Waals surface area contributed by atoms with Gasteiger partial charge in [0, 0.05) is 37.9 Å². The molecular weight excluding hydrogens is 266 g/mol. The van der Waals surface area contributed by atoms with Crippen LogP contribution >= 0.6 is 0 Å². The Morgan fingerprint density at radius 1 is 1.24 bits per heavy atom. The third-order valence-electron chi connectivity index (χ3n) is 2.76. The van der Waals surface area contributed by atoms with E-state index in [0.717, 1.165) is 5.56 Å². The van der Waals surface area contributed by atoms with Gasteiger partial charge in [0.25, 0.3) is 5.91 Å². The Morgan fingerprint density at radius 2 is 2.00 bits per heavy atom. The van der Waals surface area contributed by atoms with E-state index in [-0.39, 0.29) is 5.91 Å². The summed E-state index contributed by atoms with van der Waals surface area (Å²) in [4.78, 5) is 24.1. The topological polar surface area (TPSA) is 79.8 Å². The third-order valence-corrected chi connectivity index (χ3v) is 2.76. The van der Waals surface area contributed by atoms with Crippen LogP contribution in [-0.4, -0.2) is 27.4 Å². The van der Waals surface area contributed by atoms with E-state index in [1.54, 1.807) is 12.4 Å². The minimum Gasteiger partial charge on any atom is -0.352 e. The van der Waals surface area contributed by atoms with Crippen molar-refractivity contribution in [3.63, 3.8) is 0 Å². The Labute approximate surface area is 124 Å². The molecule has 0 radical (unpaired) electrons. The number of carbonyl (C=O) groups is 1. The lowest BCUT2D eigenvalue weighted by Gasteiger charge is -2.08. The van der Waals surface area contributed by atoms with Crippen LogP contribution in [0.3, 0.4) is 0 Å². The van der Waals surface area contributed by atoms with Gasteiger partial charge in [-0.2, -0.15) is 0 Å². The standard InChI is InChI=1S/C15H19N5O/c1-11(2)6-17-14(21)13-9-19-15(20-10-13)18-8-12-4-3-5-16-7-12/h3-5,7,9-11H,6,8H2,1-2H3,(H,17,21)(H,18,19,20). The summed E-state index contributed by atoms with van der Waals surface area (Å²) in [5, 5.41) is 5.91. The lowest BCUT2D eigenvalue weighted by Crippen LogP contribution is -2.27. The maximum Gasteiger partial charge on any atom is 0.254 e. The van der Waals surface area contributed by atoms with Crippen LogP contribution in [0.2, 0.25) is 0 Å². The van der Waals surface area contributed by atoms with E-state index in [2.05, 4.69) is 25.6 Å². The highest BCUT2D eigenvalue weighted by molar-refractivity contribution is 5.93. The second kappa shape index (κ2) is 7.33. The molecule has 2 rings (SSSR count). The molecule has 0 saturated heterocycles. The van der Waals surface area contributed by atoms with Gasteiger partial charge in [-0.15, -0.1) is 0 Å². The molecule has 0 fully saturated rings. The number of carbonyl (C=O) groups excluding carboxylic acids is 1. The lowest BCUT2D eigenvalue weighted by molar-refractivity contribution is 0.0948. The number of nitrogens with one attached hydrogen (secondary N) is 2. The number of pyridine rings is 1. The molecule has 0 aliphatic rings. The Hall–Kier alpha value is -2.50. The minimum absolute atomic E-state index is 0.150. The van der Waals surface area contributed by atoms with E-state index < -0.39 is 0 Å². The predicted octanol–water partition coefficient (Wildman–Crippen LogP) is 1.87. The highest BCUT2D eigenvalue weighted by atomic mass is 16.1. The first-order valence-electron chi connectivity index (χ1n) is 6.88. The maximum absolute atomic E-state index is 11.8. The fraction of sp³-hybridized carbons (Fsp3) is 0.333. The summed E-state index contributed by atoms with van der Waals surface area (Å²) in [5.41, 5.74) is 1.50. The number of rotatable bonds is 6. The van der Waals surface area contributed by atoms with Crippen molar-refractivity contribution in [2.45, 2.75) is 20.4 Å². The highest BCUT2D eigenvalue weighted by Gasteiger charge is 2.07. The van der Waals surface area contributed by atoms with Gasteiger partial charge in [0.15, 0.2) is 0 Å². The van der Waals surface area contributed by atoms with Crippen molar-refractivity contribution < 1.29 is 4.79 Å². The summed E-state index contributed by atoms with van der Waals surface area (Å²) >= 11 is 0. The fourth-order valence-electron chi connectivity index (χ4n) is 1.62. The zero-order valence-corrected chi connectivity index (χ0v) is 12.2. The fourth-order valence-corrected chi connectivity index (χ4v) is 1.62. The largest absolute Gasteiger partial charge is 0.352 e. The normalized spacial score (nSPS) is 10.4. The second-order valence-electron chi connectivity index (χ2n) is 5.11. The smallest absolute Gasteiger partial charge is 0.254 e. The average Bonchev–Trinajstić information content (AvgIpc) is 2.52. The zero-order valence-electron chi connectivity index (χ0n) is 12.2. The molecule has 6 heteroatoms. The van der Waals surface area contributed by atoms with E-state index in [4.69, 9.17) is 0 Å². The van der Waals surface area contributed by atoms with Crippen LogP contribution < -0.4 is 10.6 Å². The molecule has 0 bridgehead atoms. The number of nitrogens with zero attached hydrogens (tertiary/aromatic N) is 3. The predicted molar refractivity (Wildman–Crippen MR) is 80.8 cm³/mol. The second-order valence-corrected chi connectivity index (χ2v) is 5.11. The van der Waals surface area contributed by atoms with Crippen molar-refractivity contribution in [3.8, 4) is 0 Å². The average molecular weight is 285 g/mol. The van der Waals surface area contributed by atoms with Gasteiger partial charge in [-0.05, 0) is 17.5 Å². The van der Waals surface area contributed by atoms with Crippen LogP contribution in [-0.2, 0) is 6.54 Å². The van der Waals surface area contributed by atoms with Crippen LogP contribution in [0.15, 0.2) is 36.9 Å². The molecule has 0 aromatic carbocycles. The molecule has 110 valence electrons. The first-order valence-corrected chi connectivity index (χ1v) is 6.88. The molecule has 21 heavy (non-hydrogen) atoms. The van der Waals surface area contributed by atoms with Crippen LogP contribution in [0.5, 0.6) is 0 Å². The molecular formula is C15H19N5O.